The second-order valence-electron chi connectivity index (χ2n) is 4.47. The molecule has 0 heterocycles. The molecule has 3 rings (SSSR count). The van der Waals surface area contributed by atoms with E-state index in [2.05, 4.69) is 40.2 Å². The quantitative estimate of drug-likeness (QED) is 0.652. The van der Waals surface area contributed by atoms with Gasteiger partial charge < -0.3 is 5.11 Å². The van der Waals surface area contributed by atoms with Crippen LogP contribution in [-0.4, -0.2) is 5.11 Å². The van der Waals surface area contributed by atoms with E-state index < -0.39 is 0 Å². The Bertz CT molecular complexity index is 734. The number of fused-ring (bicyclic) bond motifs is 1. The third-order valence-electron chi connectivity index (χ3n) is 3.34. The molecule has 0 saturated heterocycles. The van der Waals surface area contributed by atoms with Gasteiger partial charge in [-0.1, -0.05) is 70.5 Å². The molecule has 0 radical (unpaired) electrons. The standard InChI is InChI=1S/C17H13BrO/c18-11-13-6-2-4-8-15(13)17-14-7-3-1-5-12(14)9-10-16(17)19/h1-10,19H,11H2. The minimum absolute atomic E-state index is 0.326. The largest absolute Gasteiger partial charge is 0.507 e. The van der Waals surface area contributed by atoms with Crippen LogP contribution < -0.4 is 0 Å². The van der Waals surface area contributed by atoms with Crippen molar-refractivity contribution in [3.8, 4) is 16.9 Å². The fourth-order valence-corrected chi connectivity index (χ4v) is 2.91. The molecule has 0 saturated carbocycles. The van der Waals surface area contributed by atoms with Gasteiger partial charge in [0.2, 0.25) is 0 Å². The Morgan fingerprint density at radius 1 is 0.842 bits per heavy atom. The molecule has 0 bridgehead atoms. The average molecular weight is 313 g/mol. The first kappa shape index (κ1) is 12.2. The molecule has 3 aromatic carbocycles. The van der Waals surface area contributed by atoms with E-state index in [-0.39, 0.29) is 0 Å². The summed E-state index contributed by atoms with van der Waals surface area (Å²) in [5.74, 6) is 0.326. The van der Waals surface area contributed by atoms with Crippen LogP contribution in [0.5, 0.6) is 5.75 Å². The van der Waals surface area contributed by atoms with Crippen molar-refractivity contribution < 1.29 is 5.11 Å². The summed E-state index contributed by atoms with van der Waals surface area (Å²) < 4.78 is 0. The summed E-state index contributed by atoms with van der Waals surface area (Å²) in [4.78, 5) is 0. The van der Waals surface area contributed by atoms with Gasteiger partial charge in [-0.25, -0.2) is 0 Å². The zero-order chi connectivity index (χ0) is 13.2. The highest BCUT2D eigenvalue weighted by Gasteiger charge is 2.11. The number of halogens is 1. The Morgan fingerprint density at radius 2 is 1.58 bits per heavy atom. The lowest BCUT2D eigenvalue weighted by Crippen LogP contribution is -1.88. The Kier molecular flexibility index (Phi) is 3.26. The summed E-state index contributed by atoms with van der Waals surface area (Å²) in [6, 6.07) is 20.0. The number of phenolic OH excluding ortho intramolecular Hbond substituents is 1. The summed E-state index contributed by atoms with van der Waals surface area (Å²) >= 11 is 3.51. The maximum absolute atomic E-state index is 10.3. The zero-order valence-electron chi connectivity index (χ0n) is 10.3. The molecule has 0 atom stereocenters. The molecule has 0 spiro atoms. The van der Waals surface area contributed by atoms with E-state index in [1.54, 1.807) is 6.07 Å². The molecule has 2 heteroatoms. The fraction of sp³-hybridized carbons (Fsp3) is 0.0588. The normalized spacial score (nSPS) is 10.8. The number of phenols is 1. The minimum Gasteiger partial charge on any atom is -0.507 e. The SMILES string of the molecule is Oc1ccc2ccccc2c1-c1ccccc1CBr. The van der Waals surface area contributed by atoms with Crippen molar-refractivity contribution in [2.75, 3.05) is 0 Å². The smallest absolute Gasteiger partial charge is 0.124 e. The zero-order valence-corrected chi connectivity index (χ0v) is 11.9. The van der Waals surface area contributed by atoms with Gasteiger partial charge in [0.05, 0.1) is 0 Å². The van der Waals surface area contributed by atoms with Crippen LogP contribution in [0.15, 0.2) is 60.7 Å². The molecule has 1 nitrogen and oxygen atoms in total. The molecular formula is C17H13BrO. The van der Waals surface area contributed by atoms with Crippen molar-refractivity contribution in [3.05, 3.63) is 66.2 Å². The molecule has 0 amide bonds. The molecule has 0 aliphatic carbocycles. The second kappa shape index (κ2) is 5.06. The van der Waals surface area contributed by atoms with E-state index in [0.717, 1.165) is 27.2 Å². The molecule has 1 N–H and O–H groups in total. The van der Waals surface area contributed by atoms with Crippen LogP contribution in [0.3, 0.4) is 0 Å². The van der Waals surface area contributed by atoms with Crippen LogP contribution >= 0.6 is 15.9 Å². The number of alkyl halides is 1. The fourth-order valence-electron chi connectivity index (χ4n) is 2.42. The first-order chi connectivity index (χ1) is 9.31. The predicted molar refractivity (Wildman–Crippen MR) is 83.7 cm³/mol. The van der Waals surface area contributed by atoms with Crippen molar-refractivity contribution in [2.45, 2.75) is 5.33 Å². The third kappa shape index (κ3) is 2.13. The van der Waals surface area contributed by atoms with Gasteiger partial charge in [-0.15, -0.1) is 0 Å². The summed E-state index contributed by atoms with van der Waals surface area (Å²) in [6.45, 7) is 0. The highest BCUT2D eigenvalue weighted by atomic mass is 79.9. The number of hydrogen-bond donors (Lipinski definition) is 1. The third-order valence-corrected chi connectivity index (χ3v) is 3.94. The van der Waals surface area contributed by atoms with Gasteiger partial charge in [-0.05, 0) is 28.0 Å². The van der Waals surface area contributed by atoms with Crippen molar-refractivity contribution in [3.63, 3.8) is 0 Å². The van der Waals surface area contributed by atoms with Gasteiger partial charge in [0.25, 0.3) is 0 Å². The van der Waals surface area contributed by atoms with E-state index in [0.29, 0.717) is 5.75 Å². The molecule has 3 aromatic rings. The van der Waals surface area contributed by atoms with E-state index >= 15 is 0 Å². The van der Waals surface area contributed by atoms with Crippen LogP contribution in [0.1, 0.15) is 5.56 Å². The summed E-state index contributed by atoms with van der Waals surface area (Å²) in [6.07, 6.45) is 0. The Balaban J connectivity index is 2.38. The lowest BCUT2D eigenvalue weighted by molar-refractivity contribution is 0.478. The first-order valence-corrected chi connectivity index (χ1v) is 7.28. The molecular weight excluding hydrogens is 300 g/mol. The van der Waals surface area contributed by atoms with Gasteiger partial charge in [-0.3, -0.25) is 0 Å². The first-order valence-electron chi connectivity index (χ1n) is 6.16. The van der Waals surface area contributed by atoms with Crippen LogP contribution in [0, 0.1) is 0 Å². The van der Waals surface area contributed by atoms with Crippen LogP contribution in [-0.2, 0) is 5.33 Å². The lowest BCUT2D eigenvalue weighted by atomic mass is 9.94. The van der Waals surface area contributed by atoms with Crippen molar-refractivity contribution >= 4 is 26.7 Å². The monoisotopic (exact) mass is 312 g/mol. The van der Waals surface area contributed by atoms with Gasteiger partial charge >= 0.3 is 0 Å². The predicted octanol–water partition coefficient (Wildman–Crippen LogP) is 5.11. The van der Waals surface area contributed by atoms with E-state index in [4.69, 9.17) is 0 Å². The maximum Gasteiger partial charge on any atom is 0.124 e. The highest BCUT2D eigenvalue weighted by Crippen LogP contribution is 2.38. The van der Waals surface area contributed by atoms with Crippen molar-refractivity contribution in [1.29, 1.82) is 0 Å². The van der Waals surface area contributed by atoms with Crippen molar-refractivity contribution in [1.82, 2.24) is 0 Å². The molecule has 19 heavy (non-hydrogen) atoms. The van der Waals surface area contributed by atoms with Crippen LogP contribution in [0.4, 0.5) is 0 Å². The molecule has 94 valence electrons. The van der Waals surface area contributed by atoms with E-state index in [9.17, 15) is 5.11 Å². The Labute approximate surface area is 120 Å². The number of aromatic hydroxyl groups is 1. The summed E-state index contributed by atoms with van der Waals surface area (Å²) in [5, 5.41) is 13.3. The van der Waals surface area contributed by atoms with E-state index in [1.807, 2.05) is 30.3 Å². The van der Waals surface area contributed by atoms with Crippen LogP contribution in [0.25, 0.3) is 21.9 Å². The molecule has 0 aliphatic rings. The summed E-state index contributed by atoms with van der Waals surface area (Å²) in [5.41, 5.74) is 3.16. The van der Waals surface area contributed by atoms with Gasteiger partial charge in [0.15, 0.2) is 0 Å². The Morgan fingerprint density at radius 3 is 2.42 bits per heavy atom. The maximum atomic E-state index is 10.3. The molecule has 0 aliphatic heterocycles. The van der Waals surface area contributed by atoms with E-state index in [1.165, 1.54) is 5.56 Å². The molecule has 0 unspecified atom stereocenters. The van der Waals surface area contributed by atoms with Crippen molar-refractivity contribution in [2.24, 2.45) is 0 Å². The minimum atomic E-state index is 0.326. The number of hydrogen-bond acceptors (Lipinski definition) is 1. The molecule has 0 aromatic heterocycles. The number of rotatable bonds is 2. The lowest BCUT2D eigenvalue weighted by Gasteiger charge is -2.12. The summed E-state index contributed by atoms with van der Waals surface area (Å²) in [7, 11) is 0. The molecule has 0 fully saturated rings. The van der Waals surface area contributed by atoms with Gasteiger partial charge in [0.1, 0.15) is 5.75 Å². The highest BCUT2D eigenvalue weighted by molar-refractivity contribution is 9.08. The average Bonchev–Trinajstić information content (AvgIpc) is 2.47. The Hall–Kier alpha value is -1.80. The topological polar surface area (TPSA) is 20.2 Å². The van der Waals surface area contributed by atoms with Gasteiger partial charge in [-0.2, -0.15) is 0 Å². The van der Waals surface area contributed by atoms with Gasteiger partial charge in [0, 0.05) is 10.9 Å². The second-order valence-corrected chi connectivity index (χ2v) is 5.03. The number of benzene rings is 3. The van der Waals surface area contributed by atoms with Crippen LogP contribution in [0.2, 0.25) is 0 Å².